The first kappa shape index (κ1) is 10.3. The largest absolute Gasteiger partial charge is 0.453 e. The molecule has 6 heteroatoms. The Morgan fingerprint density at radius 1 is 1.36 bits per heavy atom. The molecule has 0 radical (unpaired) electrons. The Hall–Kier alpha value is -0.710. The van der Waals surface area contributed by atoms with E-state index in [-0.39, 0.29) is 0 Å². The zero-order valence-electron chi connectivity index (χ0n) is 5.24. The van der Waals surface area contributed by atoms with E-state index in [0.29, 0.717) is 0 Å². The Morgan fingerprint density at radius 2 is 1.91 bits per heavy atom. The summed E-state index contributed by atoms with van der Waals surface area (Å²) in [6.07, 6.45) is -3.06. The molecule has 0 aromatic heterocycles. The maximum atomic E-state index is 11.9. The zero-order valence-corrected chi connectivity index (χ0v) is 6.00. The molecule has 0 rings (SSSR count). The lowest BCUT2D eigenvalue weighted by Crippen LogP contribution is -1.96. The Labute approximate surface area is 65.6 Å². The summed E-state index contributed by atoms with van der Waals surface area (Å²) in [6.45, 7) is -0.481. The summed E-state index contributed by atoms with van der Waals surface area (Å²) in [5, 5.41) is 0. The topological polar surface area (TPSA) is 26.3 Å². The average molecular weight is 189 g/mol. The molecule has 0 aromatic carbocycles. The van der Waals surface area contributed by atoms with Crippen LogP contribution in [0.4, 0.5) is 18.0 Å². The third kappa shape index (κ3) is 5.72. The second-order valence-electron chi connectivity index (χ2n) is 1.50. The maximum absolute atomic E-state index is 11.9. The molecular weight excluding hydrogens is 184 g/mol. The molecule has 64 valence electrons. The highest BCUT2D eigenvalue weighted by Crippen LogP contribution is 2.12. The summed E-state index contributed by atoms with van der Waals surface area (Å²) in [6, 6.07) is 0. The van der Waals surface area contributed by atoms with Gasteiger partial charge in [-0.1, -0.05) is 0 Å². The summed E-state index contributed by atoms with van der Waals surface area (Å²) < 4.78 is 38.4. The molecule has 0 aromatic rings. The Balaban J connectivity index is 3.56. The van der Waals surface area contributed by atoms with Crippen LogP contribution in [0.1, 0.15) is 6.42 Å². The van der Waals surface area contributed by atoms with E-state index in [9.17, 15) is 18.0 Å². The van der Waals surface area contributed by atoms with E-state index in [4.69, 9.17) is 0 Å². The molecule has 0 N–H and O–H groups in total. The van der Waals surface area contributed by atoms with Crippen LogP contribution in [0.3, 0.4) is 0 Å². The van der Waals surface area contributed by atoms with E-state index in [0.717, 1.165) is 0 Å². The van der Waals surface area contributed by atoms with Crippen LogP contribution in [0.25, 0.3) is 0 Å². The molecule has 0 saturated carbocycles. The number of halogens is 4. The summed E-state index contributed by atoms with van der Waals surface area (Å²) in [7, 11) is 0. The molecule has 0 atom stereocenters. The highest BCUT2D eigenvalue weighted by molar-refractivity contribution is 6.61. The van der Waals surface area contributed by atoms with E-state index < -0.39 is 30.4 Å². The molecule has 11 heavy (non-hydrogen) atoms. The van der Waals surface area contributed by atoms with Crippen molar-refractivity contribution in [3.63, 3.8) is 0 Å². The van der Waals surface area contributed by atoms with Crippen LogP contribution >= 0.6 is 11.6 Å². The summed E-state index contributed by atoms with van der Waals surface area (Å²) >= 11 is 4.65. The SMILES string of the molecule is O=C(Cl)OCCC(F)=C(F)F. The Morgan fingerprint density at radius 3 is 2.27 bits per heavy atom. The number of hydrogen-bond donors (Lipinski definition) is 0. The monoisotopic (exact) mass is 188 g/mol. The fourth-order valence-electron chi connectivity index (χ4n) is 0.315. The second kappa shape index (κ2) is 5.01. The van der Waals surface area contributed by atoms with Crippen molar-refractivity contribution in [2.45, 2.75) is 6.42 Å². The van der Waals surface area contributed by atoms with Crippen molar-refractivity contribution in [3.8, 4) is 0 Å². The molecule has 0 unspecified atom stereocenters. The molecule has 0 amide bonds. The van der Waals surface area contributed by atoms with Gasteiger partial charge >= 0.3 is 11.5 Å². The van der Waals surface area contributed by atoms with Crippen molar-refractivity contribution in [1.29, 1.82) is 0 Å². The molecule has 0 aliphatic carbocycles. The van der Waals surface area contributed by atoms with Gasteiger partial charge in [-0.05, 0) is 0 Å². The molecule has 0 aliphatic rings. The van der Waals surface area contributed by atoms with Gasteiger partial charge in [-0.2, -0.15) is 8.78 Å². The smallest absolute Gasteiger partial charge is 0.403 e. The van der Waals surface area contributed by atoms with Crippen molar-refractivity contribution in [3.05, 3.63) is 11.9 Å². The van der Waals surface area contributed by atoms with Crippen LogP contribution in [0.2, 0.25) is 0 Å². The quantitative estimate of drug-likeness (QED) is 0.637. The fourth-order valence-corrected chi connectivity index (χ4v) is 0.393. The van der Waals surface area contributed by atoms with Gasteiger partial charge in [-0.25, -0.2) is 9.18 Å². The number of ether oxygens (including phenoxy) is 1. The van der Waals surface area contributed by atoms with Gasteiger partial charge in [0.2, 0.25) is 0 Å². The summed E-state index contributed by atoms with van der Waals surface area (Å²) in [5.41, 5.74) is -1.14. The first-order chi connectivity index (χ1) is 5.04. The molecule has 0 saturated heterocycles. The molecule has 0 fully saturated rings. The molecule has 0 heterocycles. The predicted molar refractivity (Wildman–Crippen MR) is 32.2 cm³/mol. The first-order valence-corrected chi connectivity index (χ1v) is 2.93. The minimum absolute atomic E-state index is 0.481. The normalized spacial score (nSPS) is 9.09. The maximum Gasteiger partial charge on any atom is 0.403 e. The van der Waals surface area contributed by atoms with Crippen LogP contribution < -0.4 is 0 Å². The van der Waals surface area contributed by atoms with E-state index in [1.807, 2.05) is 0 Å². The van der Waals surface area contributed by atoms with E-state index >= 15 is 0 Å². The van der Waals surface area contributed by atoms with Crippen molar-refractivity contribution < 1.29 is 22.7 Å². The van der Waals surface area contributed by atoms with E-state index in [1.165, 1.54) is 0 Å². The lowest BCUT2D eigenvalue weighted by molar-refractivity contribution is 0.171. The van der Waals surface area contributed by atoms with Gasteiger partial charge in [0.15, 0.2) is 5.83 Å². The van der Waals surface area contributed by atoms with Crippen molar-refractivity contribution in [1.82, 2.24) is 0 Å². The zero-order chi connectivity index (χ0) is 8.85. The van der Waals surface area contributed by atoms with Gasteiger partial charge in [0, 0.05) is 18.0 Å². The Bertz CT molecular complexity index is 177. The molecule has 2 nitrogen and oxygen atoms in total. The standard InChI is InChI=1S/C5H4ClF3O2/c6-5(10)11-2-1-3(7)4(8)9/h1-2H2. The second-order valence-corrected chi connectivity index (χ2v) is 1.81. The van der Waals surface area contributed by atoms with Gasteiger partial charge in [-0.15, -0.1) is 0 Å². The molecule has 0 spiro atoms. The average Bonchev–Trinajstić information content (AvgIpc) is 1.86. The van der Waals surface area contributed by atoms with Crippen LogP contribution in [0.5, 0.6) is 0 Å². The van der Waals surface area contributed by atoms with Crippen LogP contribution in [0, 0.1) is 0 Å². The highest BCUT2D eigenvalue weighted by atomic mass is 35.5. The van der Waals surface area contributed by atoms with E-state index in [2.05, 4.69) is 16.3 Å². The third-order valence-electron chi connectivity index (χ3n) is 0.742. The van der Waals surface area contributed by atoms with Gasteiger partial charge in [0.05, 0.1) is 6.61 Å². The minimum atomic E-state index is -2.41. The third-order valence-corrected chi connectivity index (χ3v) is 0.851. The summed E-state index contributed by atoms with van der Waals surface area (Å²) in [5.74, 6) is -1.59. The van der Waals surface area contributed by atoms with Gasteiger partial charge in [0.25, 0.3) is 0 Å². The molecule has 0 bridgehead atoms. The molecule has 0 aliphatic heterocycles. The number of hydrogen-bond acceptors (Lipinski definition) is 2. The highest BCUT2D eigenvalue weighted by Gasteiger charge is 2.05. The van der Waals surface area contributed by atoms with Gasteiger partial charge < -0.3 is 4.74 Å². The van der Waals surface area contributed by atoms with Gasteiger partial charge in [0.1, 0.15) is 0 Å². The number of rotatable bonds is 3. The van der Waals surface area contributed by atoms with Crippen LogP contribution in [0.15, 0.2) is 11.9 Å². The van der Waals surface area contributed by atoms with E-state index in [1.54, 1.807) is 0 Å². The fraction of sp³-hybridized carbons (Fsp3) is 0.400. The van der Waals surface area contributed by atoms with Crippen molar-refractivity contribution >= 4 is 17.0 Å². The number of carbonyl (C=O) groups is 1. The predicted octanol–water partition coefficient (Wildman–Crippen LogP) is 2.83. The van der Waals surface area contributed by atoms with Crippen molar-refractivity contribution in [2.75, 3.05) is 6.61 Å². The molecular formula is C5H4ClF3O2. The summed E-state index contributed by atoms with van der Waals surface area (Å²) in [4.78, 5) is 9.81. The van der Waals surface area contributed by atoms with Crippen molar-refractivity contribution in [2.24, 2.45) is 0 Å². The lowest BCUT2D eigenvalue weighted by atomic mass is 10.4. The number of carbonyl (C=O) groups excluding carboxylic acids is 1. The minimum Gasteiger partial charge on any atom is -0.453 e. The van der Waals surface area contributed by atoms with Gasteiger partial charge in [-0.3, -0.25) is 0 Å². The first-order valence-electron chi connectivity index (χ1n) is 2.56. The Kier molecular flexibility index (Phi) is 4.69. The van der Waals surface area contributed by atoms with Crippen LogP contribution in [-0.2, 0) is 4.74 Å². The van der Waals surface area contributed by atoms with Crippen LogP contribution in [-0.4, -0.2) is 12.0 Å². The lowest BCUT2D eigenvalue weighted by Gasteiger charge is -1.96.